The molecule has 0 aliphatic rings. The molecule has 0 aliphatic heterocycles. The normalized spacial score (nSPS) is 12.2. The van der Waals surface area contributed by atoms with E-state index in [9.17, 15) is 14.4 Å². The molecule has 0 aromatic rings. The Hall–Kier alpha value is -2.37. The Morgan fingerprint density at radius 2 is 0.639 bits per heavy atom. The van der Waals surface area contributed by atoms with E-state index in [1.165, 1.54) is 161 Å². The van der Waals surface area contributed by atoms with E-state index in [4.69, 9.17) is 14.2 Å². The summed E-state index contributed by atoms with van der Waals surface area (Å²) in [6, 6.07) is 0. The monoisotopic (exact) mass is 857 g/mol. The summed E-state index contributed by atoms with van der Waals surface area (Å²) in [4.78, 5) is 38.0. The van der Waals surface area contributed by atoms with Gasteiger partial charge in [0, 0.05) is 19.3 Å². The van der Waals surface area contributed by atoms with Gasteiger partial charge in [-0.1, -0.05) is 243 Å². The second-order valence-electron chi connectivity index (χ2n) is 17.8. The molecule has 6 heteroatoms. The van der Waals surface area contributed by atoms with Gasteiger partial charge in [0.05, 0.1) is 0 Å². The molecule has 0 aromatic heterocycles. The number of carbonyl (C=O) groups is 3. The summed E-state index contributed by atoms with van der Waals surface area (Å²) in [5, 5.41) is 0. The van der Waals surface area contributed by atoms with Gasteiger partial charge in [-0.25, -0.2) is 0 Å². The van der Waals surface area contributed by atoms with Crippen LogP contribution in [0.3, 0.4) is 0 Å². The van der Waals surface area contributed by atoms with Crippen LogP contribution in [0.5, 0.6) is 0 Å². The molecule has 0 saturated heterocycles. The standard InChI is InChI=1S/C55H100O6/c1-4-7-10-13-16-19-22-25-26-27-28-29-30-31-34-36-39-42-45-48-54(57)60-51-52(61-55(58)49-46-43-40-37-33-24-21-18-15-12-9-6-3)50-59-53(56)47-44-41-38-35-32-23-20-17-14-11-8-5-2/h7,10,16,19,25-26,52H,4-6,8-9,11-15,17-18,20-24,27-51H2,1-3H3/b10-7-,19-16-,26-25-. The smallest absolute Gasteiger partial charge is 0.306 e. The number of unbranched alkanes of at least 4 members (excludes halogenated alkanes) is 31. The maximum Gasteiger partial charge on any atom is 0.306 e. The summed E-state index contributed by atoms with van der Waals surface area (Å²) in [7, 11) is 0. The molecule has 0 radical (unpaired) electrons. The highest BCUT2D eigenvalue weighted by Gasteiger charge is 2.19. The predicted molar refractivity (Wildman–Crippen MR) is 261 cm³/mol. The molecule has 0 rings (SSSR count). The summed E-state index contributed by atoms with van der Waals surface area (Å²) in [5.41, 5.74) is 0. The first-order valence-electron chi connectivity index (χ1n) is 26.5. The minimum absolute atomic E-state index is 0.0692. The van der Waals surface area contributed by atoms with E-state index >= 15 is 0 Å². The van der Waals surface area contributed by atoms with E-state index in [1.807, 2.05) is 0 Å². The number of hydrogen-bond donors (Lipinski definition) is 0. The van der Waals surface area contributed by atoms with E-state index < -0.39 is 6.10 Å². The van der Waals surface area contributed by atoms with Crippen LogP contribution in [0, 0.1) is 0 Å². The van der Waals surface area contributed by atoms with Crippen LogP contribution in [0.15, 0.2) is 36.5 Å². The van der Waals surface area contributed by atoms with Crippen LogP contribution < -0.4 is 0 Å². The fourth-order valence-electron chi connectivity index (χ4n) is 7.69. The zero-order chi connectivity index (χ0) is 44.4. The SMILES string of the molecule is CC/C=C\C/C=C\C/C=C\CCCCCCCCCCCC(=O)OCC(COC(=O)CCCCCCCCCCCCCC)OC(=O)CCCCCCCCCCCCCC. The fraction of sp³-hybridized carbons (Fsp3) is 0.836. The minimum atomic E-state index is -0.768. The average molecular weight is 857 g/mol. The third kappa shape index (κ3) is 48.5. The van der Waals surface area contributed by atoms with E-state index in [1.54, 1.807) is 0 Å². The lowest BCUT2D eigenvalue weighted by molar-refractivity contribution is -0.167. The van der Waals surface area contributed by atoms with Crippen molar-refractivity contribution in [3.8, 4) is 0 Å². The van der Waals surface area contributed by atoms with Gasteiger partial charge in [-0.3, -0.25) is 14.4 Å². The Labute approximate surface area is 378 Å². The lowest BCUT2D eigenvalue weighted by Crippen LogP contribution is -2.30. The molecule has 0 aromatic carbocycles. The maximum absolute atomic E-state index is 12.8. The molecule has 0 amide bonds. The van der Waals surface area contributed by atoms with Gasteiger partial charge in [0.25, 0.3) is 0 Å². The van der Waals surface area contributed by atoms with Crippen molar-refractivity contribution in [3.05, 3.63) is 36.5 Å². The summed E-state index contributed by atoms with van der Waals surface area (Å²) < 4.78 is 16.8. The van der Waals surface area contributed by atoms with E-state index in [-0.39, 0.29) is 31.1 Å². The van der Waals surface area contributed by atoms with Crippen molar-refractivity contribution >= 4 is 17.9 Å². The lowest BCUT2D eigenvalue weighted by atomic mass is 10.0. The Kier molecular flexibility index (Phi) is 48.3. The number of ether oxygens (including phenoxy) is 3. The van der Waals surface area contributed by atoms with E-state index in [0.29, 0.717) is 19.3 Å². The molecule has 0 heterocycles. The Morgan fingerprint density at radius 1 is 0.344 bits per heavy atom. The van der Waals surface area contributed by atoms with Crippen molar-refractivity contribution < 1.29 is 28.6 Å². The second kappa shape index (κ2) is 50.3. The minimum Gasteiger partial charge on any atom is -0.462 e. The van der Waals surface area contributed by atoms with Crippen LogP contribution >= 0.6 is 0 Å². The first kappa shape index (κ1) is 58.6. The van der Waals surface area contributed by atoms with Crippen molar-refractivity contribution in [1.82, 2.24) is 0 Å². The van der Waals surface area contributed by atoms with Gasteiger partial charge in [0.15, 0.2) is 6.10 Å². The van der Waals surface area contributed by atoms with Crippen molar-refractivity contribution in [2.24, 2.45) is 0 Å². The van der Waals surface area contributed by atoms with Crippen LogP contribution in [0.1, 0.15) is 278 Å². The van der Waals surface area contributed by atoms with Crippen LogP contribution in [0.2, 0.25) is 0 Å². The average Bonchev–Trinajstić information content (AvgIpc) is 3.26. The fourth-order valence-corrected chi connectivity index (χ4v) is 7.69. The Morgan fingerprint density at radius 3 is 1.00 bits per heavy atom. The number of carbonyl (C=O) groups excluding carboxylic acids is 3. The van der Waals surface area contributed by atoms with Crippen molar-refractivity contribution in [2.75, 3.05) is 13.2 Å². The molecule has 1 atom stereocenters. The first-order valence-corrected chi connectivity index (χ1v) is 26.5. The first-order chi connectivity index (χ1) is 30.0. The highest BCUT2D eigenvalue weighted by atomic mass is 16.6. The van der Waals surface area contributed by atoms with Crippen LogP contribution in [-0.2, 0) is 28.6 Å². The molecule has 0 fully saturated rings. The van der Waals surface area contributed by atoms with Gasteiger partial charge in [0.2, 0.25) is 0 Å². The van der Waals surface area contributed by atoms with E-state index in [2.05, 4.69) is 57.2 Å². The molecule has 6 nitrogen and oxygen atoms in total. The van der Waals surface area contributed by atoms with Crippen LogP contribution in [0.4, 0.5) is 0 Å². The largest absolute Gasteiger partial charge is 0.462 e. The van der Waals surface area contributed by atoms with Gasteiger partial charge < -0.3 is 14.2 Å². The molecule has 0 saturated carbocycles. The maximum atomic E-state index is 12.8. The lowest BCUT2D eigenvalue weighted by Gasteiger charge is -2.18. The number of hydrogen-bond acceptors (Lipinski definition) is 6. The van der Waals surface area contributed by atoms with Crippen molar-refractivity contribution in [3.63, 3.8) is 0 Å². The van der Waals surface area contributed by atoms with E-state index in [0.717, 1.165) is 77.0 Å². The molecule has 0 N–H and O–H groups in total. The third-order valence-corrected chi connectivity index (χ3v) is 11.7. The Balaban J connectivity index is 4.30. The molecule has 0 spiro atoms. The number of esters is 3. The molecule has 356 valence electrons. The van der Waals surface area contributed by atoms with Gasteiger partial charge in [0.1, 0.15) is 13.2 Å². The molecule has 1 unspecified atom stereocenters. The highest BCUT2D eigenvalue weighted by molar-refractivity contribution is 5.71. The summed E-state index contributed by atoms with van der Waals surface area (Å²) in [6.45, 7) is 6.54. The van der Waals surface area contributed by atoms with Crippen molar-refractivity contribution in [2.45, 2.75) is 284 Å². The van der Waals surface area contributed by atoms with Crippen molar-refractivity contribution in [1.29, 1.82) is 0 Å². The third-order valence-electron chi connectivity index (χ3n) is 11.7. The highest BCUT2D eigenvalue weighted by Crippen LogP contribution is 2.16. The van der Waals surface area contributed by atoms with Gasteiger partial charge in [-0.2, -0.15) is 0 Å². The summed E-state index contributed by atoms with van der Waals surface area (Å²) in [5.74, 6) is -0.862. The quantitative estimate of drug-likeness (QED) is 0.0262. The molecule has 0 bridgehead atoms. The topological polar surface area (TPSA) is 78.9 Å². The molecule has 0 aliphatic carbocycles. The zero-order valence-electron chi connectivity index (χ0n) is 40.7. The van der Waals surface area contributed by atoms with Crippen LogP contribution in [-0.4, -0.2) is 37.2 Å². The summed E-state index contributed by atoms with van der Waals surface area (Å²) in [6.07, 6.45) is 58.4. The predicted octanol–water partition coefficient (Wildman–Crippen LogP) is 17.3. The number of allylic oxidation sites excluding steroid dienone is 6. The van der Waals surface area contributed by atoms with Gasteiger partial charge in [-0.05, 0) is 51.4 Å². The Bertz CT molecular complexity index is 1030. The zero-order valence-corrected chi connectivity index (χ0v) is 40.7. The van der Waals surface area contributed by atoms with Gasteiger partial charge in [-0.15, -0.1) is 0 Å². The second-order valence-corrected chi connectivity index (χ2v) is 17.8. The molecular formula is C55H100O6. The number of rotatable bonds is 48. The summed E-state index contributed by atoms with van der Waals surface area (Å²) >= 11 is 0. The molecular weight excluding hydrogens is 757 g/mol. The van der Waals surface area contributed by atoms with Crippen LogP contribution in [0.25, 0.3) is 0 Å². The molecule has 61 heavy (non-hydrogen) atoms. The van der Waals surface area contributed by atoms with Gasteiger partial charge >= 0.3 is 17.9 Å².